The Kier molecular flexibility index (Phi) is 4.16. The second-order valence-electron chi connectivity index (χ2n) is 4.52. The van der Waals surface area contributed by atoms with E-state index in [9.17, 15) is 0 Å². The third-order valence-electron chi connectivity index (χ3n) is 3.21. The molecule has 0 saturated carbocycles. The highest BCUT2D eigenvalue weighted by atomic mass is 16.5. The Morgan fingerprint density at radius 2 is 2.26 bits per heavy atom. The minimum absolute atomic E-state index is 0.149. The van der Waals surface area contributed by atoms with Gasteiger partial charge in [0.25, 0.3) is 0 Å². The van der Waals surface area contributed by atoms with Gasteiger partial charge in [-0.3, -0.25) is 4.68 Å². The van der Waals surface area contributed by atoms with Gasteiger partial charge in [-0.2, -0.15) is 5.10 Å². The van der Waals surface area contributed by atoms with Crippen molar-refractivity contribution in [3.05, 3.63) is 41.3 Å². The number of nitrogens with zero attached hydrogens (tertiary/aromatic N) is 3. The Morgan fingerprint density at radius 1 is 1.47 bits per heavy atom. The van der Waals surface area contributed by atoms with Crippen LogP contribution in [0.15, 0.2) is 24.4 Å². The van der Waals surface area contributed by atoms with Crippen molar-refractivity contribution < 1.29 is 4.74 Å². The molecule has 0 fully saturated rings. The second kappa shape index (κ2) is 5.84. The average Bonchev–Trinajstić information content (AvgIpc) is 2.79. The number of ether oxygens (including phenoxy) is 1. The van der Waals surface area contributed by atoms with E-state index in [1.807, 2.05) is 23.9 Å². The van der Waals surface area contributed by atoms with Gasteiger partial charge < -0.3 is 10.5 Å². The maximum absolute atomic E-state index is 6.26. The molecule has 5 nitrogen and oxygen atoms in total. The predicted molar refractivity (Wildman–Crippen MR) is 74.0 cm³/mol. The zero-order valence-corrected chi connectivity index (χ0v) is 11.6. The van der Waals surface area contributed by atoms with Gasteiger partial charge in [0.05, 0.1) is 12.8 Å². The lowest BCUT2D eigenvalue weighted by Gasteiger charge is -2.14. The first-order chi connectivity index (χ1) is 9.15. The molecule has 1 atom stereocenters. The molecule has 2 rings (SSSR count). The van der Waals surface area contributed by atoms with E-state index in [1.165, 1.54) is 0 Å². The summed E-state index contributed by atoms with van der Waals surface area (Å²) in [7, 11) is 3.56. The molecule has 19 heavy (non-hydrogen) atoms. The van der Waals surface area contributed by atoms with Crippen molar-refractivity contribution in [3.63, 3.8) is 0 Å². The molecule has 2 aromatic rings. The fraction of sp³-hybridized carbons (Fsp3) is 0.429. The Morgan fingerprint density at radius 3 is 2.89 bits per heavy atom. The van der Waals surface area contributed by atoms with Gasteiger partial charge in [-0.25, -0.2) is 4.98 Å². The maximum atomic E-state index is 6.26. The van der Waals surface area contributed by atoms with Gasteiger partial charge in [0.15, 0.2) is 0 Å². The van der Waals surface area contributed by atoms with E-state index in [0.29, 0.717) is 12.3 Å². The van der Waals surface area contributed by atoms with Gasteiger partial charge in [-0.15, -0.1) is 0 Å². The monoisotopic (exact) mass is 260 g/mol. The van der Waals surface area contributed by atoms with E-state index in [2.05, 4.69) is 23.1 Å². The molecule has 0 aliphatic heterocycles. The fourth-order valence-electron chi connectivity index (χ4n) is 2.13. The molecule has 0 aliphatic carbocycles. The number of nitrogens with two attached hydrogens (primary N) is 1. The summed E-state index contributed by atoms with van der Waals surface area (Å²) in [5.41, 5.74) is 9.39. The number of rotatable bonds is 5. The molecule has 2 N–H and O–H groups in total. The third kappa shape index (κ3) is 2.93. The van der Waals surface area contributed by atoms with Crippen molar-refractivity contribution in [1.82, 2.24) is 14.8 Å². The quantitative estimate of drug-likeness (QED) is 0.887. The highest BCUT2D eigenvalue weighted by Crippen LogP contribution is 2.23. The van der Waals surface area contributed by atoms with Gasteiger partial charge in [-0.1, -0.05) is 13.0 Å². The summed E-state index contributed by atoms with van der Waals surface area (Å²) in [4.78, 5) is 4.18. The fourth-order valence-corrected chi connectivity index (χ4v) is 2.13. The van der Waals surface area contributed by atoms with Gasteiger partial charge in [0.1, 0.15) is 0 Å². The van der Waals surface area contributed by atoms with Gasteiger partial charge >= 0.3 is 0 Å². The molecule has 0 spiro atoms. The van der Waals surface area contributed by atoms with Gasteiger partial charge in [-0.05, 0) is 18.6 Å². The number of pyridine rings is 1. The molecule has 2 heterocycles. The van der Waals surface area contributed by atoms with Crippen LogP contribution in [0.4, 0.5) is 0 Å². The van der Waals surface area contributed by atoms with Crippen LogP contribution >= 0.6 is 0 Å². The average molecular weight is 260 g/mol. The Labute approximate surface area is 113 Å². The highest BCUT2D eigenvalue weighted by molar-refractivity contribution is 5.30. The van der Waals surface area contributed by atoms with E-state index in [4.69, 9.17) is 10.5 Å². The lowest BCUT2D eigenvalue weighted by Crippen LogP contribution is -2.16. The number of aryl methyl sites for hydroxylation is 2. The van der Waals surface area contributed by atoms with Crippen LogP contribution in [-0.4, -0.2) is 21.9 Å². The maximum Gasteiger partial charge on any atom is 0.217 e. The number of hydrogen-bond donors (Lipinski definition) is 1. The van der Waals surface area contributed by atoms with Gasteiger partial charge in [0.2, 0.25) is 5.88 Å². The van der Waals surface area contributed by atoms with E-state index in [-0.39, 0.29) is 6.04 Å². The van der Waals surface area contributed by atoms with E-state index >= 15 is 0 Å². The normalized spacial score (nSPS) is 12.4. The van der Waals surface area contributed by atoms with Crippen LogP contribution in [0.2, 0.25) is 0 Å². The summed E-state index contributed by atoms with van der Waals surface area (Å²) in [6.07, 6.45) is 3.35. The van der Waals surface area contributed by atoms with Crippen LogP contribution in [0.3, 0.4) is 0 Å². The van der Waals surface area contributed by atoms with Crippen molar-refractivity contribution in [3.8, 4) is 5.88 Å². The number of hydrogen-bond acceptors (Lipinski definition) is 4. The van der Waals surface area contributed by atoms with Crippen LogP contribution in [0.25, 0.3) is 0 Å². The summed E-state index contributed by atoms with van der Waals surface area (Å²) in [6.45, 7) is 2.09. The predicted octanol–water partition coefficient (Wildman–Crippen LogP) is 1.63. The molecule has 0 bridgehead atoms. The topological polar surface area (TPSA) is 66.0 Å². The minimum atomic E-state index is -0.149. The van der Waals surface area contributed by atoms with Crippen LogP contribution in [0.5, 0.6) is 5.88 Å². The SMILES string of the molecule is CCc1cc(CC(N)c2cccnc2OC)n(C)n1. The minimum Gasteiger partial charge on any atom is -0.481 e. The molecule has 0 amide bonds. The number of aromatic nitrogens is 3. The number of methoxy groups -OCH3 is 1. The Hall–Kier alpha value is -1.88. The van der Waals surface area contributed by atoms with Crippen molar-refractivity contribution >= 4 is 0 Å². The second-order valence-corrected chi connectivity index (χ2v) is 4.52. The van der Waals surface area contributed by atoms with E-state index < -0.39 is 0 Å². The Balaban J connectivity index is 2.20. The van der Waals surface area contributed by atoms with Crippen LogP contribution < -0.4 is 10.5 Å². The van der Waals surface area contributed by atoms with Crippen LogP contribution in [-0.2, 0) is 19.9 Å². The molecule has 0 aromatic carbocycles. The molecule has 1 unspecified atom stereocenters. The molecule has 2 aromatic heterocycles. The first kappa shape index (κ1) is 13.5. The zero-order chi connectivity index (χ0) is 13.8. The molecule has 0 saturated heterocycles. The van der Waals surface area contributed by atoms with Crippen molar-refractivity contribution in [2.45, 2.75) is 25.8 Å². The van der Waals surface area contributed by atoms with E-state index in [1.54, 1.807) is 13.3 Å². The van der Waals surface area contributed by atoms with Crippen molar-refractivity contribution in [2.75, 3.05) is 7.11 Å². The lowest BCUT2D eigenvalue weighted by molar-refractivity contribution is 0.388. The molecular formula is C14H20N4O. The molecule has 0 aliphatic rings. The van der Waals surface area contributed by atoms with Crippen LogP contribution in [0.1, 0.15) is 29.9 Å². The summed E-state index contributed by atoms with van der Waals surface area (Å²) in [5, 5.41) is 4.43. The van der Waals surface area contributed by atoms with Crippen molar-refractivity contribution in [1.29, 1.82) is 0 Å². The van der Waals surface area contributed by atoms with Gasteiger partial charge in [0, 0.05) is 37.0 Å². The largest absolute Gasteiger partial charge is 0.481 e. The zero-order valence-electron chi connectivity index (χ0n) is 11.6. The van der Waals surface area contributed by atoms with Crippen LogP contribution in [0, 0.1) is 0 Å². The Bertz CT molecular complexity index is 550. The molecule has 0 radical (unpaired) electrons. The summed E-state index contributed by atoms with van der Waals surface area (Å²) in [5.74, 6) is 0.591. The lowest BCUT2D eigenvalue weighted by atomic mass is 10.0. The smallest absolute Gasteiger partial charge is 0.217 e. The molecule has 102 valence electrons. The molecule has 5 heteroatoms. The first-order valence-corrected chi connectivity index (χ1v) is 6.42. The van der Waals surface area contributed by atoms with E-state index in [0.717, 1.165) is 23.4 Å². The summed E-state index contributed by atoms with van der Waals surface area (Å²) < 4.78 is 7.14. The highest BCUT2D eigenvalue weighted by Gasteiger charge is 2.15. The third-order valence-corrected chi connectivity index (χ3v) is 3.21. The summed E-state index contributed by atoms with van der Waals surface area (Å²) in [6, 6.07) is 5.78. The standard InChI is InChI=1S/C14H20N4O/c1-4-10-8-11(18(2)17-10)9-13(15)12-6-5-7-16-14(12)19-3/h5-8,13H,4,9,15H2,1-3H3. The molecular weight excluding hydrogens is 240 g/mol. The van der Waals surface area contributed by atoms with Crippen molar-refractivity contribution in [2.24, 2.45) is 12.8 Å². The summed E-state index contributed by atoms with van der Waals surface area (Å²) >= 11 is 0. The first-order valence-electron chi connectivity index (χ1n) is 6.42.